The highest BCUT2D eigenvalue weighted by molar-refractivity contribution is 7.16. The summed E-state index contributed by atoms with van der Waals surface area (Å²) in [5.74, 6) is -0.582. The Kier molecular flexibility index (Phi) is 5.61. The number of hydrazone groups is 1. The predicted octanol–water partition coefficient (Wildman–Crippen LogP) is 4.14. The van der Waals surface area contributed by atoms with Gasteiger partial charge >= 0.3 is 5.97 Å². The van der Waals surface area contributed by atoms with Gasteiger partial charge in [0.15, 0.2) is 5.75 Å². The van der Waals surface area contributed by atoms with E-state index in [-0.39, 0.29) is 11.6 Å². The van der Waals surface area contributed by atoms with Gasteiger partial charge in [-0.2, -0.15) is 5.10 Å². The number of carboxylic acid groups (broad SMARTS) is 1. The number of pyridine rings is 1. The number of nitrogens with zero attached hydrogens (tertiary/aromatic N) is 3. The van der Waals surface area contributed by atoms with E-state index in [0.29, 0.717) is 29.9 Å². The van der Waals surface area contributed by atoms with Crippen molar-refractivity contribution in [2.45, 2.75) is 38.1 Å². The van der Waals surface area contributed by atoms with E-state index < -0.39 is 11.4 Å². The summed E-state index contributed by atoms with van der Waals surface area (Å²) < 4.78 is 13.3. The van der Waals surface area contributed by atoms with Crippen molar-refractivity contribution in [3.05, 3.63) is 50.6 Å². The minimum absolute atomic E-state index is 0.184. The molecule has 0 bridgehead atoms. The van der Waals surface area contributed by atoms with E-state index in [2.05, 4.69) is 11.1 Å². The van der Waals surface area contributed by atoms with Crippen LogP contribution in [0.2, 0.25) is 0 Å². The van der Waals surface area contributed by atoms with Crippen LogP contribution < -0.4 is 10.2 Å². The lowest BCUT2D eigenvalue weighted by molar-refractivity contribution is 0.0392. The van der Waals surface area contributed by atoms with Crippen molar-refractivity contribution in [2.75, 3.05) is 33.4 Å². The number of aromatic carboxylic acids is 1. The van der Waals surface area contributed by atoms with Crippen LogP contribution in [-0.2, 0) is 11.2 Å². The van der Waals surface area contributed by atoms with E-state index >= 15 is 0 Å². The molecule has 2 fully saturated rings. The van der Waals surface area contributed by atoms with E-state index in [9.17, 15) is 14.7 Å². The van der Waals surface area contributed by atoms with Gasteiger partial charge in [-0.3, -0.25) is 9.80 Å². The zero-order valence-corrected chi connectivity index (χ0v) is 20.4. The van der Waals surface area contributed by atoms with Crippen LogP contribution in [0.5, 0.6) is 5.75 Å². The number of carboxylic acids is 1. The zero-order valence-electron chi connectivity index (χ0n) is 19.6. The monoisotopic (exact) mass is 493 g/mol. The summed E-state index contributed by atoms with van der Waals surface area (Å²) in [4.78, 5) is 27.1. The molecular formula is C26H27N3O5S. The Balaban J connectivity index is 1.49. The quantitative estimate of drug-likeness (QED) is 0.574. The molecule has 3 aliphatic rings. The highest BCUT2D eigenvalue weighted by atomic mass is 32.1. The van der Waals surface area contributed by atoms with Crippen molar-refractivity contribution in [3.63, 3.8) is 0 Å². The molecule has 2 aliphatic carbocycles. The average molecular weight is 494 g/mol. The van der Waals surface area contributed by atoms with Crippen LogP contribution in [0.15, 0.2) is 34.3 Å². The van der Waals surface area contributed by atoms with Crippen molar-refractivity contribution < 1.29 is 19.4 Å². The number of fused-ring (bicyclic) bond motifs is 2. The van der Waals surface area contributed by atoms with Gasteiger partial charge in [0.05, 0.1) is 50.0 Å². The van der Waals surface area contributed by atoms with Crippen molar-refractivity contribution in [1.29, 1.82) is 0 Å². The topological polar surface area (TPSA) is 93.4 Å². The van der Waals surface area contributed by atoms with Gasteiger partial charge in [-0.05, 0) is 50.3 Å². The summed E-state index contributed by atoms with van der Waals surface area (Å²) in [5.41, 5.74) is 3.24. The van der Waals surface area contributed by atoms with Crippen LogP contribution in [-0.4, -0.2) is 59.8 Å². The molecule has 0 unspecified atom stereocenters. The number of benzene rings is 1. The molecule has 3 aromatic rings. The van der Waals surface area contributed by atoms with Gasteiger partial charge in [0.1, 0.15) is 5.56 Å². The SMILES string of the molecule is COc1c(-c2cc3c(s2)CCCC3=NN2CCOCC2)ccc2c(=O)c(C(=O)O)cn(C3CC3)c12. The van der Waals surface area contributed by atoms with Crippen molar-refractivity contribution in [1.82, 2.24) is 9.58 Å². The van der Waals surface area contributed by atoms with E-state index in [1.807, 2.05) is 10.6 Å². The lowest BCUT2D eigenvalue weighted by atomic mass is 9.96. The Hall–Kier alpha value is -3.17. The molecule has 0 amide bonds. The molecule has 1 aliphatic heterocycles. The van der Waals surface area contributed by atoms with Gasteiger partial charge < -0.3 is 19.1 Å². The molecule has 8 nitrogen and oxygen atoms in total. The van der Waals surface area contributed by atoms with E-state index in [0.717, 1.165) is 61.3 Å². The highest BCUT2D eigenvalue weighted by Gasteiger charge is 2.30. The number of ether oxygens (including phenoxy) is 2. The fourth-order valence-electron chi connectivity index (χ4n) is 5.08. The molecule has 0 radical (unpaired) electrons. The third kappa shape index (κ3) is 3.92. The molecule has 9 heteroatoms. The third-order valence-electron chi connectivity index (χ3n) is 6.97. The smallest absolute Gasteiger partial charge is 0.341 e. The average Bonchev–Trinajstić information content (AvgIpc) is 3.62. The lowest BCUT2D eigenvalue weighted by Gasteiger charge is -2.26. The summed E-state index contributed by atoms with van der Waals surface area (Å²) in [6, 6.07) is 6.03. The normalized spacial score (nSPS) is 19.2. The summed E-state index contributed by atoms with van der Waals surface area (Å²) in [6.45, 7) is 3.04. The predicted molar refractivity (Wildman–Crippen MR) is 135 cm³/mol. The molecule has 1 saturated carbocycles. The molecule has 1 saturated heterocycles. The molecule has 35 heavy (non-hydrogen) atoms. The molecule has 182 valence electrons. The van der Waals surface area contributed by atoms with E-state index in [1.165, 1.54) is 16.6 Å². The van der Waals surface area contributed by atoms with Crippen LogP contribution in [0.1, 0.15) is 52.5 Å². The van der Waals surface area contributed by atoms with Gasteiger partial charge in [0.25, 0.3) is 0 Å². The Morgan fingerprint density at radius 2 is 2.00 bits per heavy atom. The third-order valence-corrected chi connectivity index (χ3v) is 8.20. The van der Waals surface area contributed by atoms with Crippen LogP contribution in [0.4, 0.5) is 0 Å². The number of thiophene rings is 1. The second-order valence-corrected chi connectivity index (χ2v) is 10.4. The van der Waals surface area contributed by atoms with Gasteiger partial charge in [-0.1, -0.05) is 0 Å². The number of morpholine rings is 1. The summed E-state index contributed by atoms with van der Waals surface area (Å²) >= 11 is 1.75. The number of rotatable bonds is 5. The highest BCUT2D eigenvalue weighted by Crippen LogP contribution is 2.45. The molecule has 2 aromatic heterocycles. The van der Waals surface area contributed by atoms with E-state index in [1.54, 1.807) is 24.5 Å². The zero-order chi connectivity index (χ0) is 24.1. The van der Waals surface area contributed by atoms with Crippen LogP contribution in [0.3, 0.4) is 0 Å². The summed E-state index contributed by atoms with van der Waals surface area (Å²) in [5, 5.41) is 17.0. The molecular weight excluding hydrogens is 466 g/mol. The number of aryl methyl sites for hydroxylation is 1. The van der Waals surface area contributed by atoms with Gasteiger partial charge in [0, 0.05) is 33.1 Å². The first-order valence-corrected chi connectivity index (χ1v) is 12.9. The molecule has 1 aromatic carbocycles. The number of hydrogen-bond donors (Lipinski definition) is 1. The summed E-state index contributed by atoms with van der Waals surface area (Å²) in [7, 11) is 1.62. The second-order valence-electron chi connectivity index (χ2n) is 9.27. The van der Waals surface area contributed by atoms with Crippen molar-refractivity contribution >= 4 is 33.9 Å². The van der Waals surface area contributed by atoms with Gasteiger partial charge in [-0.15, -0.1) is 11.3 Å². The van der Waals surface area contributed by atoms with E-state index in [4.69, 9.17) is 14.6 Å². The first-order chi connectivity index (χ1) is 17.0. The largest absolute Gasteiger partial charge is 0.494 e. The fourth-order valence-corrected chi connectivity index (χ4v) is 6.33. The van der Waals surface area contributed by atoms with Crippen molar-refractivity contribution in [2.24, 2.45) is 5.10 Å². The maximum Gasteiger partial charge on any atom is 0.341 e. The Labute approximate surface area is 206 Å². The maximum absolute atomic E-state index is 13.0. The second kappa shape index (κ2) is 8.80. The van der Waals surface area contributed by atoms with Crippen LogP contribution in [0.25, 0.3) is 21.3 Å². The molecule has 0 atom stereocenters. The van der Waals surface area contributed by atoms with Crippen molar-refractivity contribution in [3.8, 4) is 16.2 Å². The van der Waals surface area contributed by atoms with Crippen LogP contribution in [0, 0.1) is 0 Å². The number of aromatic nitrogens is 1. The molecule has 1 N–H and O–H groups in total. The Morgan fingerprint density at radius 3 is 2.71 bits per heavy atom. The molecule has 0 spiro atoms. The first kappa shape index (κ1) is 22.3. The number of hydrogen-bond acceptors (Lipinski definition) is 7. The number of carbonyl (C=O) groups is 1. The van der Waals surface area contributed by atoms with Gasteiger partial charge in [-0.25, -0.2) is 4.79 Å². The Morgan fingerprint density at radius 1 is 1.20 bits per heavy atom. The molecule has 3 heterocycles. The lowest BCUT2D eigenvalue weighted by Crippen LogP contribution is -2.33. The summed E-state index contributed by atoms with van der Waals surface area (Å²) in [6.07, 6.45) is 6.45. The molecule has 6 rings (SSSR count). The minimum atomic E-state index is -1.20. The maximum atomic E-state index is 13.0. The fraction of sp³-hybridized carbons (Fsp3) is 0.423. The van der Waals surface area contributed by atoms with Crippen LogP contribution >= 0.6 is 11.3 Å². The first-order valence-electron chi connectivity index (χ1n) is 12.1. The standard InChI is InChI=1S/C26H27N3O5S/c1-33-25-16(7-8-17-23(25)29(15-5-6-15)14-19(24(17)30)26(31)32)22-13-18-20(3-2-4-21(18)35-22)27-28-9-11-34-12-10-28/h7-8,13-15H,2-6,9-12H2,1H3,(H,31,32). The minimum Gasteiger partial charge on any atom is -0.494 e. The van der Waals surface area contributed by atoms with Gasteiger partial charge in [0.2, 0.25) is 5.43 Å². The Bertz CT molecular complexity index is 1410. The number of methoxy groups -OCH3 is 1.